The third-order valence-electron chi connectivity index (χ3n) is 4.42. The molecule has 2 rings (SSSR count). The van der Waals surface area contributed by atoms with Crippen LogP contribution in [0.25, 0.3) is 0 Å². The molecule has 0 saturated heterocycles. The number of hydrogen-bond acceptors (Lipinski definition) is 3. The third-order valence-corrected chi connectivity index (χ3v) is 7.05. The molecule has 0 amide bonds. The van der Waals surface area contributed by atoms with Crippen LogP contribution in [0.3, 0.4) is 0 Å². The highest BCUT2D eigenvalue weighted by molar-refractivity contribution is 7.96. The first-order valence-electron chi connectivity index (χ1n) is 7.99. The minimum atomic E-state index is -6.09. The number of aryl methyl sites for hydroxylation is 2. The summed E-state index contributed by atoms with van der Waals surface area (Å²) in [6.07, 6.45) is 2.33. The van der Waals surface area contributed by atoms with Crippen LogP contribution in [0.15, 0.2) is 40.1 Å². The second-order valence-electron chi connectivity index (χ2n) is 6.29. The molecule has 27 heavy (non-hydrogen) atoms. The lowest BCUT2D eigenvalue weighted by molar-refractivity contribution is -0.0517. The van der Waals surface area contributed by atoms with Crippen molar-refractivity contribution < 1.29 is 26.1 Å². The first-order valence-corrected chi connectivity index (χ1v) is 11.0. The van der Waals surface area contributed by atoms with Crippen molar-refractivity contribution in [1.29, 1.82) is 0 Å². The molecule has 0 aromatic heterocycles. The topological polar surface area (TPSA) is 57.2 Å². The van der Waals surface area contributed by atoms with Crippen molar-refractivity contribution in [3.8, 4) is 0 Å². The molecule has 1 atom stereocenters. The molecular weight excluding hydrogens is 397 g/mol. The molecule has 0 fully saturated rings. The van der Waals surface area contributed by atoms with Gasteiger partial charge in [0.05, 0.1) is 10.9 Å². The highest BCUT2D eigenvalue weighted by Crippen LogP contribution is 2.29. The molecule has 2 aromatic rings. The van der Waals surface area contributed by atoms with Gasteiger partial charge in [0.2, 0.25) is 0 Å². The maximum Gasteiger partial charge on any atom is 0.485 e. The predicted molar refractivity (Wildman–Crippen MR) is 102 cm³/mol. The van der Waals surface area contributed by atoms with Crippen LogP contribution in [0.1, 0.15) is 27.8 Å². The molecule has 8 heteroatoms. The maximum atomic E-state index is 10.7. The van der Waals surface area contributed by atoms with Gasteiger partial charge in [-0.3, -0.25) is 0 Å². The van der Waals surface area contributed by atoms with Gasteiger partial charge in [0.1, 0.15) is 6.26 Å². The highest BCUT2D eigenvalue weighted by Gasteiger charge is 2.36. The zero-order valence-electron chi connectivity index (χ0n) is 16.1. The number of benzene rings is 2. The summed E-state index contributed by atoms with van der Waals surface area (Å²) in [6, 6.07) is 11.3. The van der Waals surface area contributed by atoms with E-state index in [-0.39, 0.29) is 10.9 Å². The Morgan fingerprint density at radius 1 is 0.889 bits per heavy atom. The van der Waals surface area contributed by atoms with Gasteiger partial charge in [0.15, 0.2) is 19.9 Å². The number of alkyl halides is 3. The van der Waals surface area contributed by atoms with Crippen molar-refractivity contribution >= 4 is 21.0 Å². The van der Waals surface area contributed by atoms with E-state index in [9.17, 15) is 13.2 Å². The Balaban J connectivity index is 0.000000387. The van der Waals surface area contributed by atoms with Gasteiger partial charge in [-0.1, -0.05) is 17.7 Å². The first-order chi connectivity index (χ1) is 12.2. The van der Waals surface area contributed by atoms with Crippen molar-refractivity contribution in [3.05, 3.63) is 58.1 Å². The zero-order valence-corrected chi connectivity index (χ0v) is 17.7. The summed E-state index contributed by atoms with van der Waals surface area (Å²) in [5.74, 6) is 0. The van der Waals surface area contributed by atoms with Gasteiger partial charge >= 0.3 is 5.51 Å². The van der Waals surface area contributed by atoms with E-state index in [1.807, 2.05) is 0 Å². The number of halogens is 3. The second kappa shape index (κ2) is 8.67. The summed E-state index contributed by atoms with van der Waals surface area (Å²) in [5, 5.41) is 0. The van der Waals surface area contributed by atoms with Gasteiger partial charge in [0.25, 0.3) is 0 Å². The molecule has 0 aliphatic rings. The quantitative estimate of drug-likeness (QED) is 0.393. The Morgan fingerprint density at radius 3 is 1.74 bits per heavy atom. The molecule has 0 N–H and O–H groups in total. The van der Waals surface area contributed by atoms with Crippen LogP contribution in [-0.2, 0) is 21.0 Å². The lowest BCUT2D eigenvalue weighted by Crippen LogP contribution is -2.21. The normalized spacial score (nSPS) is 13.0. The summed E-state index contributed by atoms with van der Waals surface area (Å²) in [4.78, 5) is 2.92. The fourth-order valence-corrected chi connectivity index (χ4v) is 4.13. The highest BCUT2D eigenvalue weighted by atomic mass is 32.2. The van der Waals surface area contributed by atoms with Crippen molar-refractivity contribution in [2.24, 2.45) is 0 Å². The largest absolute Gasteiger partial charge is 0.741 e. The van der Waals surface area contributed by atoms with Crippen LogP contribution in [-0.4, -0.2) is 24.7 Å². The Kier molecular flexibility index (Phi) is 7.55. The Morgan fingerprint density at radius 2 is 1.33 bits per heavy atom. The van der Waals surface area contributed by atoms with Crippen LogP contribution < -0.4 is 0 Å². The molecule has 0 spiro atoms. The van der Waals surface area contributed by atoms with E-state index in [1.165, 1.54) is 37.6 Å². The van der Waals surface area contributed by atoms with E-state index in [0.717, 1.165) is 0 Å². The SMILES string of the molecule is Cc1ccc([S+](C)c2cc(C)c(C)c(C)c2C)cc1.O=S(=O)([O-])C(F)(F)F. The lowest BCUT2D eigenvalue weighted by Gasteiger charge is -2.13. The molecule has 3 nitrogen and oxygen atoms in total. The molecule has 0 aliphatic carbocycles. The number of hydrogen-bond donors (Lipinski definition) is 0. The molecule has 150 valence electrons. The average molecular weight is 421 g/mol. The molecule has 0 radical (unpaired) electrons. The molecule has 0 saturated carbocycles. The Bertz CT molecular complexity index is 903. The fourth-order valence-electron chi connectivity index (χ4n) is 2.36. The van der Waals surface area contributed by atoms with Crippen LogP contribution in [0, 0.1) is 34.6 Å². The minimum absolute atomic E-state index is 0.155. The summed E-state index contributed by atoms with van der Waals surface area (Å²) < 4.78 is 58.9. The van der Waals surface area contributed by atoms with Crippen molar-refractivity contribution in [2.45, 2.75) is 49.9 Å². The van der Waals surface area contributed by atoms with Crippen molar-refractivity contribution in [1.82, 2.24) is 0 Å². The van der Waals surface area contributed by atoms with Gasteiger partial charge in [-0.2, -0.15) is 13.2 Å². The van der Waals surface area contributed by atoms with Gasteiger partial charge in [-0.05, 0) is 69.5 Å². The van der Waals surface area contributed by atoms with E-state index in [2.05, 4.69) is 71.2 Å². The van der Waals surface area contributed by atoms with Gasteiger partial charge in [0, 0.05) is 5.56 Å². The smallest absolute Gasteiger partial charge is 0.485 e. The van der Waals surface area contributed by atoms with Crippen molar-refractivity contribution in [3.63, 3.8) is 0 Å². The zero-order chi connectivity index (χ0) is 21.2. The second-order valence-corrected chi connectivity index (χ2v) is 9.59. The third kappa shape index (κ3) is 5.99. The molecule has 0 bridgehead atoms. The minimum Gasteiger partial charge on any atom is -0.741 e. The molecule has 1 unspecified atom stereocenters. The van der Waals surface area contributed by atoms with E-state index in [0.29, 0.717) is 0 Å². The summed E-state index contributed by atoms with van der Waals surface area (Å²) in [6.45, 7) is 11.1. The van der Waals surface area contributed by atoms with E-state index >= 15 is 0 Å². The van der Waals surface area contributed by atoms with Gasteiger partial charge in [-0.25, -0.2) is 8.42 Å². The molecule has 0 heterocycles. The summed E-state index contributed by atoms with van der Waals surface area (Å²) in [7, 11) is -5.94. The van der Waals surface area contributed by atoms with Crippen LogP contribution >= 0.6 is 0 Å². The van der Waals surface area contributed by atoms with Crippen molar-refractivity contribution in [2.75, 3.05) is 6.26 Å². The lowest BCUT2D eigenvalue weighted by atomic mass is 10.00. The fraction of sp³-hybridized carbons (Fsp3) is 0.368. The molecular formula is C19H23F3O3S2. The predicted octanol–water partition coefficient (Wildman–Crippen LogP) is 4.95. The Labute approximate surface area is 161 Å². The maximum absolute atomic E-state index is 10.7. The average Bonchev–Trinajstić information content (AvgIpc) is 2.55. The van der Waals surface area contributed by atoms with E-state index in [4.69, 9.17) is 13.0 Å². The van der Waals surface area contributed by atoms with E-state index < -0.39 is 15.6 Å². The van der Waals surface area contributed by atoms with Crippen LogP contribution in [0.5, 0.6) is 0 Å². The first kappa shape index (κ1) is 23.5. The van der Waals surface area contributed by atoms with Gasteiger partial charge in [-0.15, -0.1) is 0 Å². The van der Waals surface area contributed by atoms with Crippen LogP contribution in [0.2, 0.25) is 0 Å². The molecule has 2 aromatic carbocycles. The Hall–Kier alpha value is -1.51. The summed E-state index contributed by atoms with van der Waals surface area (Å²) >= 11 is 0. The van der Waals surface area contributed by atoms with Crippen LogP contribution in [0.4, 0.5) is 13.2 Å². The van der Waals surface area contributed by atoms with E-state index in [1.54, 1.807) is 0 Å². The summed E-state index contributed by atoms with van der Waals surface area (Å²) in [5.41, 5.74) is 1.42. The monoisotopic (exact) mass is 420 g/mol. The molecule has 0 aliphatic heterocycles. The van der Waals surface area contributed by atoms with Gasteiger partial charge < -0.3 is 4.55 Å². The number of rotatable bonds is 2. The standard InChI is InChI=1S/C18H23S.CHF3O3S/c1-12-7-9-17(10-8-12)19(6)18-11-13(2)14(3)15(4)16(18)5;2-1(3,4)8(5,6)7/h7-11H,1-6H3;(H,5,6,7)/q+1;/p-1.